The van der Waals surface area contributed by atoms with E-state index in [1.54, 1.807) is 0 Å². The van der Waals surface area contributed by atoms with Crippen LogP contribution in [0.1, 0.15) is 37.0 Å². The summed E-state index contributed by atoms with van der Waals surface area (Å²) in [6, 6.07) is 5.97. The first kappa shape index (κ1) is 12.4. The van der Waals surface area contributed by atoms with Crippen molar-refractivity contribution in [3.8, 4) is 0 Å². The van der Waals surface area contributed by atoms with E-state index >= 15 is 0 Å². The maximum Gasteiger partial charge on any atom is 0.168 e. The molecule has 0 saturated carbocycles. The van der Waals surface area contributed by atoms with Crippen LogP contribution in [0.25, 0.3) is 10.9 Å². The molecule has 0 amide bonds. The van der Waals surface area contributed by atoms with Crippen LogP contribution >= 0.6 is 15.9 Å². The second kappa shape index (κ2) is 5.05. The van der Waals surface area contributed by atoms with Gasteiger partial charge in [0, 0.05) is 33.1 Å². The molecule has 0 unspecified atom stereocenters. The maximum atomic E-state index is 12.4. The van der Waals surface area contributed by atoms with Crippen molar-refractivity contribution < 1.29 is 4.79 Å². The summed E-state index contributed by atoms with van der Waals surface area (Å²) in [6.07, 6.45) is 3.63. The number of halogens is 1. The summed E-state index contributed by atoms with van der Waals surface area (Å²) >= 11 is 3.45. The van der Waals surface area contributed by atoms with Gasteiger partial charge in [0.25, 0.3) is 0 Å². The molecule has 2 rings (SSSR count). The van der Waals surface area contributed by atoms with Crippen molar-refractivity contribution in [2.45, 2.75) is 26.7 Å². The lowest BCUT2D eigenvalue weighted by Crippen LogP contribution is -2.12. The molecule has 0 aliphatic rings. The van der Waals surface area contributed by atoms with Gasteiger partial charge < -0.3 is 4.98 Å². The van der Waals surface area contributed by atoms with Crippen molar-refractivity contribution in [2.24, 2.45) is 5.92 Å². The summed E-state index contributed by atoms with van der Waals surface area (Å²) in [6.45, 7) is 4.13. The number of aromatic amines is 1. The molecule has 3 heteroatoms. The van der Waals surface area contributed by atoms with Crippen molar-refractivity contribution >= 4 is 32.6 Å². The van der Waals surface area contributed by atoms with Crippen molar-refractivity contribution in [3.05, 3.63) is 34.4 Å². The Labute approximate surface area is 110 Å². The van der Waals surface area contributed by atoms with E-state index < -0.39 is 0 Å². The normalized spacial score (nSPS) is 11.3. The number of hydrogen-bond acceptors (Lipinski definition) is 1. The summed E-state index contributed by atoms with van der Waals surface area (Å²) in [4.78, 5) is 15.5. The number of Topliss-reactive ketones (excluding diaryl/α,β-unsaturated/α-hetero) is 1. The Kier molecular flexibility index (Phi) is 3.67. The fourth-order valence-corrected chi connectivity index (χ4v) is 2.54. The van der Waals surface area contributed by atoms with Crippen LogP contribution in [-0.2, 0) is 0 Å². The van der Waals surface area contributed by atoms with Gasteiger partial charge in [0.15, 0.2) is 5.78 Å². The molecule has 17 heavy (non-hydrogen) atoms. The number of benzene rings is 1. The predicted octanol–water partition coefficient (Wildman–Crippen LogP) is 4.55. The van der Waals surface area contributed by atoms with Gasteiger partial charge in [-0.3, -0.25) is 4.79 Å². The standard InChI is InChI=1S/C14H16BrNO/c1-3-9(4-2)14(17)12-8-16-13-6-5-10(15)7-11(12)13/h5-9,16H,3-4H2,1-2H3. The van der Waals surface area contributed by atoms with E-state index in [1.165, 1.54) is 0 Å². The fraction of sp³-hybridized carbons (Fsp3) is 0.357. The predicted molar refractivity (Wildman–Crippen MR) is 74.4 cm³/mol. The van der Waals surface area contributed by atoms with Crippen molar-refractivity contribution in [1.29, 1.82) is 0 Å². The van der Waals surface area contributed by atoms with Gasteiger partial charge in [-0.15, -0.1) is 0 Å². The van der Waals surface area contributed by atoms with Gasteiger partial charge in [-0.1, -0.05) is 29.8 Å². The van der Waals surface area contributed by atoms with Crippen LogP contribution in [0.3, 0.4) is 0 Å². The monoisotopic (exact) mass is 293 g/mol. The molecule has 0 fully saturated rings. The quantitative estimate of drug-likeness (QED) is 0.824. The molecule has 0 aliphatic heterocycles. The van der Waals surface area contributed by atoms with E-state index in [4.69, 9.17) is 0 Å². The van der Waals surface area contributed by atoms with Gasteiger partial charge in [-0.2, -0.15) is 0 Å². The van der Waals surface area contributed by atoms with Crippen LogP contribution in [0.15, 0.2) is 28.9 Å². The van der Waals surface area contributed by atoms with Gasteiger partial charge in [0.1, 0.15) is 0 Å². The number of hydrogen-bond donors (Lipinski definition) is 1. The minimum atomic E-state index is 0.132. The molecule has 90 valence electrons. The zero-order chi connectivity index (χ0) is 12.4. The average molecular weight is 294 g/mol. The highest BCUT2D eigenvalue weighted by molar-refractivity contribution is 9.10. The highest BCUT2D eigenvalue weighted by Crippen LogP contribution is 2.26. The van der Waals surface area contributed by atoms with Crippen molar-refractivity contribution in [3.63, 3.8) is 0 Å². The third kappa shape index (κ3) is 2.29. The van der Waals surface area contributed by atoms with E-state index in [-0.39, 0.29) is 11.7 Å². The van der Waals surface area contributed by atoms with E-state index in [0.29, 0.717) is 0 Å². The SMILES string of the molecule is CCC(CC)C(=O)c1c[nH]c2ccc(Br)cc12. The molecule has 0 atom stereocenters. The van der Waals surface area contributed by atoms with Crippen LogP contribution in [-0.4, -0.2) is 10.8 Å². The van der Waals surface area contributed by atoms with Gasteiger partial charge in [0.2, 0.25) is 0 Å². The van der Waals surface area contributed by atoms with Gasteiger partial charge in [0.05, 0.1) is 0 Å². The summed E-state index contributed by atoms with van der Waals surface area (Å²) < 4.78 is 1.00. The lowest BCUT2D eigenvalue weighted by molar-refractivity contribution is 0.0915. The van der Waals surface area contributed by atoms with Gasteiger partial charge >= 0.3 is 0 Å². The number of rotatable bonds is 4. The number of carbonyl (C=O) groups excluding carboxylic acids is 1. The first-order chi connectivity index (χ1) is 8.17. The highest BCUT2D eigenvalue weighted by atomic mass is 79.9. The van der Waals surface area contributed by atoms with E-state index in [1.807, 2.05) is 24.4 Å². The molecular formula is C14H16BrNO. The maximum absolute atomic E-state index is 12.4. The van der Waals surface area contributed by atoms with Crippen LogP contribution in [0.5, 0.6) is 0 Å². The Hall–Kier alpha value is -1.09. The third-order valence-corrected chi connectivity index (χ3v) is 3.76. The molecular weight excluding hydrogens is 278 g/mol. The Bertz CT molecular complexity index is 540. The zero-order valence-corrected chi connectivity index (χ0v) is 11.7. The summed E-state index contributed by atoms with van der Waals surface area (Å²) in [5, 5.41) is 1.01. The molecule has 0 bridgehead atoms. The van der Waals surface area contributed by atoms with Crippen LogP contribution in [0.4, 0.5) is 0 Å². The van der Waals surface area contributed by atoms with E-state index in [0.717, 1.165) is 33.8 Å². The molecule has 0 aliphatic carbocycles. The van der Waals surface area contributed by atoms with Gasteiger partial charge in [-0.05, 0) is 31.0 Å². The molecule has 1 aromatic carbocycles. The number of carbonyl (C=O) groups is 1. The molecule has 0 spiro atoms. The molecule has 1 aromatic heterocycles. The summed E-state index contributed by atoms with van der Waals surface area (Å²) in [7, 11) is 0. The molecule has 1 N–H and O–H groups in total. The van der Waals surface area contributed by atoms with E-state index in [9.17, 15) is 4.79 Å². The number of ketones is 1. The van der Waals surface area contributed by atoms with Crippen LogP contribution in [0.2, 0.25) is 0 Å². The largest absolute Gasteiger partial charge is 0.360 e. The van der Waals surface area contributed by atoms with Crippen LogP contribution < -0.4 is 0 Å². The second-order valence-corrected chi connectivity index (χ2v) is 5.19. The van der Waals surface area contributed by atoms with Crippen molar-refractivity contribution in [2.75, 3.05) is 0 Å². The Morgan fingerprint density at radius 2 is 2.06 bits per heavy atom. The average Bonchev–Trinajstić information content (AvgIpc) is 2.73. The first-order valence-corrected chi connectivity index (χ1v) is 6.77. The smallest absolute Gasteiger partial charge is 0.168 e. The lowest BCUT2D eigenvalue weighted by atomic mass is 9.93. The fourth-order valence-electron chi connectivity index (χ4n) is 2.18. The number of H-pyrrole nitrogens is 1. The topological polar surface area (TPSA) is 32.9 Å². The van der Waals surface area contributed by atoms with Crippen LogP contribution in [0, 0.1) is 5.92 Å². The first-order valence-electron chi connectivity index (χ1n) is 5.98. The lowest BCUT2D eigenvalue weighted by Gasteiger charge is -2.09. The Morgan fingerprint density at radius 1 is 1.35 bits per heavy atom. The number of aromatic nitrogens is 1. The van der Waals surface area contributed by atoms with Gasteiger partial charge in [-0.25, -0.2) is 0 Å². The Balaban J connectivity index is 2.48. The van der Waals surface area contributed by atoms with Crippen molar-refractivity contribution in [1.82, 2.24) is 4.98 Å². The second-order valence-electron chi connectivity index (χ2n) is 4.27. The number of nitrogens with one attached hydrogen (secondary N) is 1. The van der Waals surface area contributed by atoms with E-state index in [2.05, 4.69) is 34.8 Å². The number of fused-ring (bicyclic) bond motifs is 1. The third-order valence-electron chi connectivity index (χ3n) is 3.27. The molecule has 0 saturated heterocycles. The highest BCUT2D eigenvalue weighted by Gasteiger charge is 2.19. The minimum absolute atomic E-state index is 0.132. The molecule has 1 heterocycles. The summed E-state index contributed by atoms with van der Waals surface area (Å²) in [5.74, 6) is 0.382. The molecule has 2 aromatic rings. The molecule has 0 radical (unpaired) electrons. The minimum Gasteiger partial charge on any atom is -0.360 e. The zero-order valence-electron chi connectivity index (χ0n) is 10.1. The molecule has 2 nitrogen and oxygen atoms in total. The Morgan fingerprint density at radius 3 is 2.71 bits per heavy atom. The summed E-state index contributed by atoms with van der Waals surface area (Å²) in [5.41, 5.74) is 1.83.